The molecule has 0 bridgehead atoms. The molecule has 0 radical (unpaired) electrons. The van der Waals surface area contributed by atoms with Gasteiger partial charge in [-0.1, -0.05) is 18.2 Å². The number of fused-ring (bicyclic) bond motifs is 3. The van der Waals surface area contributed by atoms with Gasteiger partial charge in [0.15, 0.2) is 5.43 Å². The summed E-state index contributed by atoms with van der Waals surface area (Å²) in [6.45, 7) is 1.82. The predicted octanol–water partition coefficient (Wildman–Crippen LogP) is 2.36. The summed E-state index contributed by atoms with van der Waals surface area (Å²) in [5, 5.41) is 0.418. The molecule has 0 spiro atoms. The Morgan fingerprint density at radius 2 is 2.03 bits per heavy atom. The lowest BCUT2D eigenvalue weighted by molar-refractivity contribution is -0.222. The molecule has 2 heterocycles. The lowest BCUT2D eigenvalue weighted by Gasteiger charge is -2.21. The number of pyridine rings is 1. The highest BCUT2D eigenvalue weighted by Gasteiger charge is 2.23. The molecule has 0 amide bonds. The van der Waals surface area contributed by atoms with Crippen molar-refractivity contribution in [2.75, 3.05) is 13.7 Å². The van der Waals surface area contributed by atoms with Gasteiger partial charge in [-0.2, -0.15) is 0 Å². The average molecular weight is 416 g/mol. The van der Waals surface area contributed by atoms with Gasteiger partial charge in [0.2, 0.25) is 0 Å². The lowest BCUT2D eigenvalue weighted by atomic mass is 9.98. The van der Waals surface area contributed by atoms with Crippen LogP contribution in [0.5, 0.6) is 11.5 Å². The maximum Gasteiger partial charge on any atom is 0.266 e. The molecule has 4 rings (SSSR count). The molecule has 8 nitrogen and oxygen atoms in total. The molecule has 1 atom stereocenters. The summed E-state index contributed by atoms with van der Waals surface area (Å²) < 4.78 is 28.2. The molecule has 1 aromatic heterocycles. The van der Waals surface area contributed by atoms with Crippen LogP contribution in [0.4, 0.5) is 0 Å². The van der Waals surface area contributed by atoms with Gasteiger partial charge in [-0.05, 0) is 35.7 Å². The SMILES string of the molecule is COc1ccc(-c2cn(COP(=O)([O-])O)c3c4c(cc(C)c3c2=O)CCO4)cc1. The van der Waals surface area contributed by atoms with E-state index in [1.54, 1.807) is 31.4 Å². The Morgan fingerprint density at radius 3 is 2.69 bits per heavy atom. The number of phosphoric ester groups is 1. The fraction of sp³-hybridized carbons (Fsp3) is 0.250. The summed E-state index contributed by atoms with van der Waals surface area (Å²) >= 11 is 0. The molecule has 0 saturated carbocycles. The van der Waals surface area contributed by atoms with Crippen LogP contribution in [0.2, 0.25) is 0 Å². The van der Waals surface area contributed by atoms with E-state index in [0.29, 0.717) is 46.6 Å². The number of methoxy groups -OCH3 is 1. The van der Waals surface area contributed by atoms with Crippen molar-refractivity contribution >= 4 is 18.7 Å². The Kier molecular flexibility index (Phi) is 4.96. The minimum absolute atomic E-state index is 0.202. The first-order valence-electron chi connectivity index (χ1n) is 8.93. The number of phosphoric acid groups is 1. The van der Waals surface area contributed by atoms with Gasteiger partial charge in [-0.15, -0.1) is 0 Å². The topological polar surface area (TPSA) is 110 Å². The zero-order valence-electron chi connectivity index (χ0n) is 15.9. The molecule has 3 aromatic rings. The second-order valence-corrected chi connectivity index (χ2v) is 8.00. The van der Waals surface area contributed by atoms with E-state index in [1.165, 1.54) is 10.8 Å². The zero-order chi connectivity index (χ0) is 20.8. The second kappa shape index (κ2) is 7.31. The molecule has 9 heteroatoms. The first-order chi connectivity index (χ1) is 13.8. The smallest absolute Gasteiger partial charge is 0.266 e. The lowest BCUT2D eigenvalue weighted by Crippen LogP contribution is -2.16. The highest BCUT2D eigenvalue weighted by atomic mass is 31.2. The van der Waals surface area contributed by atoms with Crippen LogP contribution >= 0.6 is 7.82 Å². The van der Waals surface area contributed by atoms with E-state index >= 15 is 0 Å². The van der Waals surface area contributed by atoms with Gasteiger partial charge >= 0.3 is 0 Å². The van der Waals surface area contributed by atoms with Crippen LogP contribution in [0.15, 0.2) is 41.3 Å². The third-order valence-corrected chi connectivity index (χ3v) is 5.39. The van der Waals surface area contributed by atoms with Crippen LogP contribution in [0.3, 0.4) is 0 Å². The van der Waals surface area contributed by atoms with E-state index in [-0.39, 0.29) is 5.43 Å². The largest absolute Gasteiger partial charge is 0.756 e. The van der Waals surface area contributed by atoms with E-state index in [4.69, 9.17) is 14.4 Å². The van der Waals surface area contributed by atoms with Crippen LogP contribution in [-0.2, 0) is 22.2 Å². The molecule has 1 aliphatic rings. The Morgan fingerprint density at radius 1 is 1.31 bits per heavy atom. The first-order valence-corrected chi connectivity index (χ1v) is 10.4. The number of ether oxygens (including phenoxy) is 2. The normalized spacial score (nSPS) is 15.0. The van der Waals surface area contributed by atoms with E-state index in [0.717, 1.165) is 11.1 Å². The maximum atomic E-state index is 13.4. The summed E-state index contributed by atoms with van der Waals surface area (Å²) in [6.07, 6.45) is 2.21. The van der Waals surface area contributed by atoms with Crippen LogP contribution in [0, 0.1) is 6.92 Å². The summed E-state index contributed by atoms with van der Waals surface area (Å²) in [7, 11) is -3.41. The van der Waals surface area contributed by atoms with Crippen molar-refractivity contribution in [2.45, 2.75) is 20.1 Å². The van der Waals surface area contributed by atoms with E-state index in [1.807, 2.05) is 13.0 Å². The minimum Gasteiger partial charge on any atom is -0.756 e. The van der Waals surface area contributed by atoms with Crippen LogP contribution in [0.25, 0.3) is 22.0 Å². The number of rotatable bonds is 5. The number of benzene rings is 2. The fourth-order valence-corrected chi connectivity index (χ4v) is 3.92. The molecule has 0 saturated heterocycles. The molecule has 1 N–H and O–H groups in total. The van der Waals surface area contributed by atoms with Crippen LogP contribution in [0.1, 0.15) is 11.1 Å². The second-order valence-electron chi connectivity index (χ2n) is 6.80. The average Bonchev–Trinajstić information content (AvgIpc) is 3.14. The van der Waals surface area contributed by atoms with Crippen LogP contribution < -0.4 is 19.8 Å². The van der Waals surface area contributed by atoms with Gasteiger partial charge < -0.3 is 23.8 Å². The van der Waals surface area contributed by atoms with Crippen molar-refractivity contribution in [1.82, 2.24) is 4.57 Å². The van der Waals surface area contributed by atoms with E-state index in [2.05, 4.69) is 4.52 Å². The number of aromatic nitrogens is 1. The number of hydrogen-bond donors (Lipinski definition) is 1. The molecular formula is C20H19NO7P-. The van der Waals surface area contributed by atoms with E-state index in [9.17, 15) is 14.3 Å². The highest BCUT2D eigenvalue weighted by Crippen LogP contribution is 2.38. The standard InChI is InChI=1S/C20H20NO7P/c1-12-9-14-7-8-27-20(14)18-17(12)19(22)16(10-21(18)11-28-29(23,24)25)13-3-5-15(26-2)6-4-13/h3-6,9-10H,7-8,11H2,1-2H3,(H2,23,24,25)/p-1. The van der Waals surface area contributed by atoms with Gasteiger partial charge in [0.25, 0.3) is 7.82 Å². The van der Waals surface area contributed by atoms with Crippen molar-refractivity contribution < 1.29 is 28.3 Å². The van der Waals surface area contributed by atoms with Gasteiger partial charge in [-0.25, -0.2) is 0 Å². The van der Waals surface area contributed by atoms with Crippen molar-refractivity contribution in [2.24, 2.45) is 0 Å². The Hall–Kier alpha value is -2.64. The summed E-state index contributed by atoms with van der Waals surface area (Å²) in [6, 6.07) is 8.88. The summed E-state index contributed by atoms with van der Waals surface area (Å²) in [5.74, 6) is 1.18. The first kappa shape index (κ1) is 19.7. The molecule has 2 aromatic carbocycles. The molecule has 152 valence electrons. The van der Waals surface area contributed by atoms with Crippen molar-refractivity contribution in [1.29, 1.82) is 0 Å². The molecular weight excluding hydrogens is 397 g/mol. The quantitative estimate of drug-likeness (QED) is 0.636. The third kappa shape index (κ3) is 3.68. The van der Waals surface area contributed by atoms with Gasteiger partial charge in [0.1, 0.15) is 18.2 Å². The third-order valence-electron chi connectivity index (χ3n) is 4.95. The summed E-state index contributed by atoms with van der Waals surface area (Å²) in [4.78, 5) is 33.6. The molecule has 0 aliphatic carbocycles. The van der Waals surface area contributed by atoms with E-state index < -0.39 is 14.6 Å². The number of aryl methyl sites for hydroxylation is 1. The molecule has 0 fully saturated rings. The summed E-state index contributed by atoms with van der Waals surface area (Å²) in [5.41, 5.74) is 2.95. The fourth-order valence-electron chi connectivity index (χ4n) is 3.65. The van der Waals surface area contributed by atoms with Crippen molar-refractivity contribution in [3.63, 3.8) is 0 Å². The minimum atomic E-state index is -4.96. The molecule has 1 unspecified atom stereocenters. The zero-order valence-corrected chi connectivity index (χ0v) is 16.8. The predicted molar refractivity (Wildman–Crippen MR) is 105 cm³/mol. The van der Waals surface area contributed by atoms with Crippen LogP contribution in [-0.4, -0.2) is 23.2 Å². The van der Waals surface area contributed by atoms with Crippen molar-refractivity contribution in [3.05, 3.63) is 57.9 Å². The Labute approximate surface area is 166 Å². The van der Waals surface area contributed by atoms with Gasteiger partial charge in [-0.3, -0.25) is 13.9 Å². The highest BCUT2D eigenvalue weighted by molar-refractivity contribution is 7.44. The van der Waals surface area contributed by atoms with Gasteiger partial charge in [0, 0.05) is 18.2 Å². The van der Waals surface area contributed by atoms with Gasteiger partial charge in [0.05, 0.1) is 24.6 Å². The van der Waals surface area contributed by atoms with Crippen molar-refractivity contribution in [3.8, 4) is 22.6 Å². The number of nitrogens with zero attached hydrogens (tertiary/aromatic N) is 1. The Bertz CT molecular complexity index is 1190. The maximum absolute atomic E-state index is 13.4. The molecule has 29 heavy (non-hydrogen) atoms. The Balaban J connectivity index is 1.99. The monoisotopic (exact) mass is 416 g/mol. The number of hydrogen-bond acceptors (Lipinski definition) is 6. The molecule has 1 aliphatic heterocycles.